The van der Waals surface area contributed by atoms with Crippen molar-refractivity contribution in [3.05, 3.63) is 118 Å². The molecule has 0 spiro atoms. The number of nitrogens with zero attached hydrogens (tertiary/aromatic N) is 12. The minimum absolute atomic E-state index is 0.0176. The van der Waals surface area contributed by atoms with E-state index >= 15 is 0 Å². The van der Waals surface area contributed by atoms with Gasteiger partial charge in [0, 0.05) is 104 Å². The van der Waals surface area contributed by atoms with Gasteiger partial charge in [-0.1, -0.05) is 86.7 Å². The third-order valence-corrected chi connectivity index (χ3v) is 24.1. The SMILES string of the molecule is COc1cccc(OC)c1-n1c(-c2ccn(C)n2)nnc1N(CC[Si](C)(C)C)S(=O)(=O)C[C@@H](OC)c1ccc(Cl)cc1S(C)(=O)=O.COc1cccc(OC)c1-n1c(-c2ccn(C)n2)nnc1N(CC[Si](C)(C)C)S(=O)(=O)C[C@H](OC)c1ccc(Cl)cc1S(C)(=O)=O. The zero-order valence-electron chi connectivity index (χ0n) is 54.1. The minimum atomic E-state index is -4.29. The van der Waals surface area contributed by atoms with Crippen LogP contribution >= 0.6 is 23.2 Å². The molecule has 0 saturated carbocycles. The first-order chi connectivity index (χ1) is 43.0. The first-order valence-corrected chi connectivity index (χ1v) is 43.6. The fourth-order valence-electron chi connectivity index (χ4n) is 9.71. The molecule has 0 aliphatic heterocycles. The molecular weight excluding hydrogens is 1340 g/mol. The van der Waals surface area contributed by atoms with Gasteiger partial charge in [0.25, 0.3) is 0 Å². The number of methoxy groups -OCH3 is 6. The number of benzene rings is 4. The molecule has 4 aromatic heterocycles. The van der Waals surface area contributed by atoms with Crippen LogP contribution in [0.4, 0.5) is 11.9 Å². The number of para-hydroxylation sites is 2. The van der Waals surface area contributed by atoms with E-state index in [0.717, 1.165) is 12.5 Å². The van der Waals surface area contributed by atoms with Crippen LogP contribution in [0.15, 0.2) is 107 Å². The summed E-state index contributed by atoms with van der Waals surface area (Å²) in [6, 6.07) is 23.5. The van der Waals surface area contributed by atoms with Crippen molar-refractivity contribution in [1.29, 1.82) is 0 Å². The van der Waals surface area contributed by atoms with Gasteiger partial charge in [-0.05, 0) is 72.8 Å². The summed E-state index contributed by atoms with van der Waals surface area (Å²) in [6.45, 7) is 13.0. The molecule has 0 unspecified atom stereocenters. The molecule has 0 fully saturated rings. The van der Waals surface area contributed by atoms with Crippen molar-refractivity contribution in [3.8, 4) is 57.4 Å². The van der Waals surface area contributed by atoms with Crippen LogP contribution in [0.3, 0.4) is 0 Å². The van der Waals surface area contributed by atoms with Crippen molar-refractivity contribution in [3.63, 3.8) is 0 Å². The highest BCUT2D eigenvalue weighted by atomic mass is 35.5. The number of aromatic nitrogens is 10. The van der Waals surface area contributed by atoms with Gasteiger partial charge in [0.15, 0.2) is 31.3 Å². The summed E-state index contributed by atoms with van der Waals surface area (Å²) in [4.78, 5) is -0.231. The molecule has 0 amide bonds. The predicted octanol–water partition coefficient (Wildman–Crippen LogP) is 9.21. The van der Waals surface area contributed by atoms with Crippen molar-refractivity contribution < 1.29 is 62.1 Å². The molecule has 26 nitrogen and oxygen atoms in total. The number of ether oxygens (including phenoxy) is 6. The number of halogens is 2. The molecule has 0 bridgehead atoms. The number of hydrogen-bond acceptors (Lipinski definition) is 20. The molecule has 500 valence electrons. The number of sulfone groups is 2. The van der Waals surface area contributed by atoms with Crippen LogP contribution in [0.1, 0.15) is 23.3 Å². The molecular formula is C58H78Cl2N12O14S4Si2. The Morgan fingerprint density at radius 2 is 0.815 bits per heavy atom. The molecule has 8 rings (SSSR count). The molecule has 0 aliphatic carbocycles. The lowest BCUT2D eigenvalue weighted by molar-refractivity contribution is 0.119. The van der Waals surface area contributed by atoms with Crippen LogP contribution < -0.4 is 27.6 Å². The van der Waals surface area contributed by atoms with E-state index in [9.17, 15) is 33.7 Å². The third-order valence-electron chi connectivity index (χ3n) is 14.4. The summed E-state index contributed by atoms with van der Waals surface area (Å²) in [6.07, 6.45) is 3.23. The first kappa shape index (κ1) is 72.5. The number of aryl methyl sites for hydroxylation is 2. The maximum Gasteiger partial charge on any atom is 0.246 e. The van der Waals surface area contributed by atoms with E-state index in [1.807, 2.05) is 0 Å². The Hall–Kier alpha value is -6.89. The molecule has 0 radical (unpaired) electrons. The Morgan fingerprint density at radius 3 is 1.08 bits per heavy atom. The summed E-state index contributed by atoms with van der Waals surface area (Å²) in [7, 11) is -7.64. The van der Waals surface area contributed by atoms with Crippen LogP contribution in [0.5, 0.6) is 23.0 Å². The number of sulfonamides is 2. The van der Waals surface area contributed by atoms with Gasteiger partial charge in [-0.2, -0.15) is 10.2 Å². The average molecular weight is 1420 g/mol. The number of rotatable bonds is 28. The highest BCUT2D eigenvalue weighted by Gasteiger charge is 2.39. The monoisotopic (exact) mass is 1420 g/mol. The highest BCUT2D eigenvalue weighted by molar-refractivity contribution is 7.93. The summed E-state index contributed by atoms with van der Waals surface area (Å²) in [5, 5.41) is 27.1. The zero-order chi connectivity index (χ0) is 68.1. The second-order valence-corrected chi connectivity index (χ2v) is 43.7. The maximum absolute atomic E-state index is 14.6. The van der Waals surface area contributed by atoms with E-state index in [-0.39, 0.29) is 67.6 Å². The van der Waals surface area contributed by atoms with Gasteiger partial charge in [-0.15, -0.1) is 20.4 Å². The quantitative estimate of drug-likeness (QED) is 0.0413. The van der Waals surface area contributed by atoms with Crippen LogP contribution in [0.25, 0.3) is 34.4 Å². The van der Waals surface area contributed by atoms with Crippen molar-refractivity contribution in [2.45, 2.75) is 73.4 Å². The van der Waals surface area contributed by atoms with Gasteiger partial charge in [-0.3, -0.25) is 18.5 Å². The van der Waals surface area contributed by atoms with Crippen LogP contribution in [0.2, 0.25) is 61.4 Å². The fourth-order valence-corrected chi connectivity index (χ4v) is 17.5. The zero-order valence-corrected chi connectivity index (χ0v) is 60.9. The Kier molecular flexibility index (Phi) is 23.0. The van der Waals surface area contributed by atoms with Crippen LogP contribution in [-0.2, 0) is 63.3 Å². The largest absolute Gasteiger partial charge is 0.494 e. The Balaban J connectivity index is 0.000000261. The maximum atomic E-state index is 14.6. The van der Waals surface area contributed by atoms with E-state index in [0.29, 0.717) is 57.8 Å². The topological polar surface area (TPSA) is 295 Å². The van der Waals surface area contributed by atoms with E-state index in [1.165, 1.54) is 87.7 Å². The molecule has 34 heteroatoms. The van der Waals surface area contributed by atoms with Gasteiger partial charge < -0.3 is 28.4 Å². The van der Waals surface area contributed by atoms with Gasteiger partial charge in [-0.25, -0.2) is 42.3 Å². The van der Waals surface area contributed by atoms with Crippen LogP contribution in [-0.4, -0.2) is 179 Å². The Labute approximate surface area is 550 Å². The molecule has 0 N–H and O–H groups in total. The lowest BCUT2D eigenvalue weighted by Gasteiger charge is -2.29. The summed E-state index contributed by atoms with van der Waals surface area (Å²) in [5.74, 6) is 0.805. The molecule has 2 atom stereocenters. The Bertz CT molecular complexity index is 4080. The summed E-state index contributed by atoms with van der Waals surface area (Å²) < 4.78 is 152. The predicted molar refractivity (Wildman–Crippen MR) is 361 cm³/mol. The van der Waals surface area contributed by atoms with Gasteiger partial charge in [0.05, 0.1) is 61.9 Å². The van der Waals surface area contributed by atoms with E-state index in [4.69, 9.17) is 51.6 Å². The molecule has 4 heterocycles. The third kappa shape index (κ3) is 17.1. The highest BCUT2D eigenvalue weighted by Crippen LogP contribution is 2.42. The lowest BCUT2D eigenvalue weighted by Crippen LogP contribution is -2.40. The van der Waals surface area contributed by atoms with Gasteiger partial charge in [0.2, 0.25) is 31.9 Å². The molecule has 4 aromatic carbocycles. The second-order valence-electron chi connectivity index (χ2n) is 23.8. The lowest BCUT2D eigenvalue weighted by atomic mass is 10.1. The van der Waals surface area contributed by atoms with E-state index < -0.39 is 79.6 Å². The smallest absolute Gasteiger partial charge is 0.246 e. The minimum Gasteiger partial charge on any atom is -0.494 e. The summed E-state index contributed by atoms with van der Waals surface area (Å²) >= 11 is 12.2. The Morgan fingerprint density at radius 1 is 0.489 bits per heavy atom. The average Bonchev–Trinajstić information content (AvgIpc) is 1.54. The molecule has 92 heavy (non-hydrogen) atoms. The van der Waals surface area contributed by atoms with Crippen molar-refractivity contribution in [2.24, 2.45) is 14.1 Å². The van der Waals surface area contributed by atoms with Crippen molar-refractivity contribution in [2.75, 3.05) is 88.4 Å². The van der Waals surface area contributed by atoms with Crippen molar-refractivity contribution >= 4 is 91.0 Å². The normalized spacial score (nSPS) is 13.1. The van der Waals surface area contributed by atoms with Gasteiger partial charge >= 0.3 is 0 Å². The number of hydrogen-bond donors (Lipinski definition) is 0. The molecule has 0 aliphatic rings. The summed E-state index contributed by atoms with van der Waals surface area (Å²) in [5.41, 5.74) is 1.97. The van der Waals surface area contributed by atoms with Crippen LogP contribution in [0, 0.1) is 0 Å². The van der Waals surface area contributed by atoms with E-state index in [1.54, 1.807) is 93.5 Å². The molecule has 0 saturated heterocycles. The number of anilines is 2. The second kappa shape index (κ2) is 29.2. The molecule has 8 aromatic rings. The van der Waals surface area contributed by atoms with E-state index in [2.05, 4.69) is 69.9 Å². The first-order valence-electron chi connectivity index (χ1n) is 28.4. The fraction of sp³-hybridized carbons (Fsp3) is 0.414. The van der Waals surface area contributed by atoms with Gasteiger partial charge in [0.1, 0.15) is 45.8 Å². The standard InChI is InChI=1S/2C29H39ClN6O7S2Si/c2*1-34-15-14-22(33-34)28-31-32-29(36(28)27-23(41-2)10-9-11-24(27)42-3)35(16-17-46(6,7)8)45(39,40)19-25(43-4)21-13-12-20(30)18-26(21)44(5,37)38/h2*9-15,18,25H,16-17,19H2,1-8H3/t2*25-/m10/s1. The van der Waals surface area contributed by atoms with Crippen molar-refractivity contribution in [1.82, 2.24) is 49.1 Å².